The largest absolute Gasteiger partial charge is 0.437 e. The Labute approximate surface area is 172 Å². The van der Waals surface area contributed by atoms with E-state index < -0.39 is 39.0 Å². The van der Waals surface area contributed by atoms with Crippen LogP contribution < -0.4 is 0 Å². The normalized spacial score (nSPS) is 26.8. The zero-order valence-corrected chi connectivity index (χ0v) is 23.8. The van der Waals surface area contributed by atoms with Crippen LogP contribution in [-0.2, 0) is 21.8 Å². The quantitative estimate of drug-likeness (QED) is 0.401. The average Bonchev–Trinajstić information content (AvgIpc) is 2.30. The van der Waals surface area contributed by atoms with Gasteiger partial charge in [-0.25, -0.2) is 0 Å². The molecule has 1 fully saturated rings. The van der Waals surface area contributed by atoms with Gasteiger partial charge < -0.3 is 21.8 Å². The molecule has 1 rings (SSSR count). The van der Waals surface area contributed by atoms with Gasteiger partial charge in [0.25, 0.3) is 0 Å². The molecule has 9 heteroatoms. The minimum atomic E-state index is -2.75. The number of rotatable bonds is 11. The van der Waals surface area contributed by atoms with Crippen LogP contribution in [-0.4, -0.2) is 58.3 Å². The molecule has 0 amide bonds. The molecule has 5 nitrogen and oxygen atoms in total. The lowest BCUT2D eigenvalue weighted by Gasteiger charge is -2.58. The van der Waals surface area contributed by atoms with Crippen LogP contribution in [0.2, 0.25) is 58.9 Å². The van der Waals surface area contributed by atoms with Gasteiger partial charge in [0, 0.05) is 6.61 Å². The molecule has 0 aromatic rings. The summed E-state index contributed by atoms with van der Waals surface area (Å²) in [5.74, 6) is 0.493. The van der Waals surface area contributed by atoms with E-state index in [1.54, 1.807) is 0 Å². The van der Waals surface area contributed by atoms with E-state index in [4.69, 9.17) is 21.8 Å². The molecule has 0 aliphatic carbocycles. The van der Waals surface area contributed by atoms with Gasteiger partial charge in [-0.3, -0.25) is 0 Å². The average molecular weight is 453 g/mol. The van der Waals surface area contributed by atoms with E-state index in [0.717, 1.165) is 13.0 Å². The fourth-order valence-electron chi connectivity index (χ4n) is 3.92. The standard InChI is InChI=1S/C18H44O5Si4/c1-13-18(17(15-20-18)19-14-16(2)3)27(12,22-25(7,8)9)23-26(10,11)21-24(4,5)6/h16-17H,13-15H2,1-12H3. The summed E-state index contributed by atoms with van der Waals surface area (Å²) in [7, 11) is -8.69. The summed E-state index contributed by atoms with van der Waals surface area (Å²) < 4.78 is 32.8. The Hall–Kier alpha value is 0.668. The van der Waals surface area contributed by atoms with Crippen LogP contribution in [0.25, 0.3) is 0 Å². The molecular weight excluding hydrogens is 409 g/mol. The molecule has 0 aromatic carbocycles. The Morgan fingerprint density at radius 1 is 0.889 bits per heavy atom. The molecule has 0 bridgehead atoms. The third-order valence-corrected chi connectivity index (χ3v) is 18.7. The van der Waals surface area contributed by atoms with Gasteiger partial charge in [-0.2, -0.15) is 0 Å². The van der Waals surface area contributed by atoms with Crippen LogP contribution in [0.5, 0.6) is 0 Å². The summed E-state index contributed by atoms with van der Waals surface area (Å²) in [6.45, 7) is 27.7. The second kappa shape index (κ2) is 8.81. The van der Waals surface area contributed by atoms with Crippen molar-refractivity contribution in [2.24, 2.45) is 5.92 Å². The topological polar surface area (TPSA) is 46.2 Å². The highest BCUT2D eigenvalue weighted by Crippen LogP contribution is 2.45. The first-order valence-electron chi connectivity index (χ1n) is 10.3. The van der Waals surface area contributed by atoms with Gasteiger partial charge >= 0.3 is 17.1 Å². The molecule has 0 N–H and O–H groups in total. The summed E-state index contributed by atoms with van der Waals surface area (Å²) in [6, 6.07) is 0. The first kappa shape index (κ1) is 25.7. The van der Waals surface area contributed by atoms with Crippen molar-refractivity contribution in [2.75, 3.05) is 13.2 Å². The number of ether oxygens (including phenoxy) is 2. The smallest absolute Gasteiger partial charge is 0.351 e. The Bertz CT molecular complexity index is 485. The second-order valence-electron chi connectivity index (χ2n) is 10.6. The van der Waals surface area contributed by atoms with Crippen molar-refractivity contribution in [1.82, 2.24) is 0 Å². The summed E-state index contributed by atoms with van der Waals surface area (Å²) in [6.07, 6.45) is 0.870. The third-order valence-electron chi connectivity index (χ3n) is 4.43. The van der Waals surface area contributed by atoms with Crippen molar-refractivity contribution in [3.63, 3.8) is 0 Å². The summed E-state index contributed by atoms with van der Waals surface area (Å²) in [5, 5.41) is -0.463. The molecule has 0 aromatic heterocycles. The van der Waals surface area contributed by atoms with Crippen LogP contribution in [0.3, 0.4) is 0 Å². The molecule has 3 atom stereocenters. The number of hydrogen-bond donors (Lipinski definition) is 0. The van der Waals surface area contributed by atoms with Gasteiger partial charge in [0.15, 0.2) is 16.6 Å². The van der Waals surface area contributed by atoms with E-state index >= 15 is 0 Å². The van der Waals surface area contributed by atoms with Crippen molar-refractivity contribution < 1.29 is 21.8 Å². The van der Waals surface area contributed by atoms with E-state index in [9.17, 15) is 0 Å². The molecule has 1 heterocycles. The molecule has 0 saturated carbocycles. The van der Waals surface area contributed by atoms with Gasteiger partial charge in [0.1, 0.15) is 11.3 Å². The zero-order chi connectivity index (χ0) is 21.3. The first-order chi connectivity index (χ1) is 12.0. The molecule has 3 unspecified atom stereocenters. The van der Waals surface area contributed by atoms with Crippen LogP contribution in [0, 0.1) is 5.92 Å². The Balaban J connectivity index is 3.20. The van der Waals surface area contributed by atoms with Crippen LogP contribution in [0.4, 0.5) is 0 Å². The Kier molecular flexibility index (Phi) is 8.38. The highest BCUT2D eigenvalue weighted by Gasteiger charge is 2.67. The monoisotopic (exact) mass is 452 g/mol. The van der Waals surface area contributed by atoms with Gasteiger partial charge in [-0.1, -0.05) is 20.8 Å². The van der Waals surface area contributed by atoms with E-state index in [-0.39, 0.29) is 6.10 Å². The minimum Gasteiger partial charge on any atom is -0.437 e. The summed E-state index contributed by atoms with van der Waals surface area (Å²) >= 11 is 0. The van der Waals surface area contributed by atoms with Gasteiger partial charge in [0.05, 0.1) is 6.61 Å². The van der Waals surface area contributed by atoms with E-state index in [0.29, 0.717) is 12.5 Å². The van der Waals surface area contributed by atoms with Crippen LogP contribution in [0.1, 0.15) is 27.2 Å². The minimum absolute atomic E-state index is 0.0367. The zero-order valence-electron chi connectivity index (χ0n) is 19.8. The summed E-state index contributed by atoms with van der Waals surface area (Å²) in [5.41, 5.74) is 0. The van der Waals surface area contributed by atoms with Crippen molar-refractivity contribution in [3.8, 4) is 0 Å². The molecule has 0 radical (unpaired) electrons. The van der Waals surface area contributed by atoms with Crippen molar-refractivity contribution >= 4 is 33.8 Å². The van der Waals surface area contributed by atoms with E-state index in [2.05, 4.69) is 79.7 Å². The van der Waals surface area contributed by atoms with Gasteiger partial charge in [-0.15, -0.1) is 0 Å². The van der Waals surface area contributed by atoms with Crippen molar-refractivity contribution in [1.29, 1.82) is 0 Å². The predicted molar refractivity (Wildman–Crippen MR) is 123 cm³/mol. The summed E-state index contributed by atoms with van der Waals surface area (Å²) in [4.78, 5) is 0. The van der Waals surface area contributed by atoms with E-state index in [1.165, 1.54) is 0 Å². The van der Waals surface area contributed by atoms with Crippen LogP contribution in [0.15, 0.2) is 0 Å². The second-order valence-corrected chi connectivity index (χ2v) is 27.1. The molecule has 1 aliphatic heterocycles. The molecule has 0 spiro atoms. The predicted octanol–water partition coefficient (Wildman–Crippen LogP) is 5.24. The molecule has 1 aliphatic rings. The lowest BCUT2D eigenvalue weighted by molar-refractivity contribution is -0.232. The molecular formula is C18H44O5Si4. The highest BCUT2D eigenvalue weighted by molar-refractivity contribution is 6.90. The third kappa shape index (κ3) is 7.14. The lowest BCUT2D eigenvalue weighted by atomic mass is 10.1. The Morgan fingerprint density at radius 3 is 1.74 bits per heavy atom. The Morgan fingerprint density at radius 2 is 1.41 bits per heavy atom. The highest BCUT2D eigenvalue weighted by atomic mass is 28.5. The van der Waals surface area contributed by atoms with Crippen molar-refractivity contribution in [2.45, 2.75) is 97.4 Å². The van der Waals surface area contributed by atoms with Gasteiger partial charge in [-0.05, 0) is 71.3 Å². The maximum atomic E-state index is 6.91. The van der Waals surface area contributed by atoms with E-state index in [1.807, 2.05) is 0 Å². The molecule has 1 saturated heterocycles. The lowest BCUT2D eigenvalue weighted by Crippen LogP contribution is -2.78. The number of hydrogen-bond acceptors (Lipinski definition) is 5. The SMILES string of the molecule is CCC1([Si](C)(O[Si](C)(C)C)O[Si](C)(C)O[Si](C)(C)C)OCC1OCC(C)C. The van der Waals surface area contributed by atoms with Crippen molar-refractivity contribution in [3.05, 3.63) is 0 Å². The maximum absolute atomic E-state index is 6.91. The van der Waals surface area contributed by atoms with Gasteiger partial charge in [0.2, 0.25) is 0 Å². The fraction of sp³-hybridized carbons (Fsp3) is 1.00. The molecule has 162 valence electrons. The maximum Gasteiger partial charge on any atom is 0.351 e. The fourth-order valence-corrected chi connectivity index (χ4v) is 22.5. The van der Waals surface area contributed by atoms with Crippen LogP contribution >= 0.6 is 0 Å². The molecule has 27 heavy (non-hydrogen) atoms. The first-order valence-corrected chi connectivity index (χ1v) is 22.3.